The van der Waals surface area contributed by atoms with E-state index in [0.29, 0.717) is 29.0 Å². The minimum Gasteiger partial charge on any atom is -0.496 e. The molecule has 0 bridgehead atoms. The summed E-state index contributed by atoms with van der Waals surface area (Å²) in [6.07, 6.45) is 0.260. The van der Waals surface area contributed by atoms with Gasteiger partial charge in [-0.05, 0) is 62.2 Å². The molecular weight excluding hydrogens is 358 g/mol. The number of esters is 1. The van der Waals surface area contributed by atoms with Crippen molar-refractivity contribution in [3.8, 4) is 5.75 Å². The van der Waals surface area contributed by atoms with E-state index in [9.17, 15) is 14.4 Å². The maximum Gasteiger partial charge on any atom is 0.338 e. The molecule has 6 heteroatoms. The van der Waals surface area contributed by atoms with Crippen LogP contribution in [-0.2, 0) is 9.53 Å². The van der Waals surface area contributed by atoms with Gasteiger partial charge in [-0.1, -0.05) is 13.0 Å². The molecule has 28 heavy (non-hydrogen) atoms. The molecule has 2 rings (SSSR count). The van der Waals surface area contributed by atoms with Gasteiger partial charge >= 0.3 is 5.97 Å². The van der Waals surface area contributed by atoms with Crippen molar-refractivity contribution in [1.82, 2.24) is 0 Å². The van der Waals surface area contributed by atoms with Gasteiger partial charge < -0.3 is 14.8 Å². The highest BCUT2D eigenvalue weighted by atomic mass is 16.5. The van der Waals surface area contributed by atoms with Crippen LogP contribution in [0.4, 0.5) is 5.69 Å². The van der Waals surface area contributed by atoms with Crippen LogP contribution in [0, 0.1) is 6.92 Å². The van der Waals surface area contributed by atoms with Crippen molar-refractivity contribution >= 4 is 23.3 Å². The number of anilines is 1. The lowest BCUT2D eigenvalue weighted by Gasteiger charge is -2.14. The normalized spacial score (nSPS) is 11.4. The zero-order chi connectivity index (χ0) is 20.7. The van der Waals surface area contributed by atoms with Crippen LogP contribution in [-0.4, -0.2) is 30.9 Å². The largest absolute Gasteiger partial charge is 0.496 e. The third kappa shape index (κ3) is 5.42. The number of carbonyl (C=O) groups is 3. The number of methoxy groups -OCH3 is 1. The van der Waals surface area contributed by atoms with Crippen LogP contribution in [0.15, 0.2) is 42.5 Å². The average Bonchev–Trinajstić information content (AvgIpc) is 2.68. The molecule has 1 amide bonds. The van der Waals surface area contributed by atoms with E-state index in [1.807, 2.05) is 13.8 Å². The summed E-state index contributed by atoms with van der Waals surface area (Å²) in [6, 6.07) is 11.5. The van der Waals surface area contributed by atoms with Crippen LogP contribution in [0.25, 0.3) is 0 Å². The summed E-state index contributed by atoms with van der Waals surface area (Å²) in [5.41, 5.74) is 2.23. The molecular formula is C22H25NO5. The molecule has 2 aromatic carbocycles. The highest BCUT2D eigenvalue weighted by molar-refractivity contribution is 6.02. The SMILES string of the molecule is CCCC(=O)Nc1ccc(C(=O)[C@H](C)OC(=O)c2ccc(C)c(OC)c2)cc1. The van der Waals surface area contributed by atoms with Crippen molar-refractivity contribution in [2.45, 2.75) is 39.7 Å². The van der Waals surface area contributed by atoms with Crippen molar-refractivity contribution in [3.63, 3.8) is 0 Å². The highest BCUT2D eigenvalue weighted by Gasteiger charge is 2.21. The standard InChI is InChI=1S/C22H25NO5/c1-5-6-20(24)23-18-11-9-16(10-12-18)21(25)15(3)28-22(26)17-8-7-14(2)19(13-17)27-4/h7-13,15H,5-6H2,1-4H3,(H,23,24)/t15-/m0/s1. The number of Topliss-reactive ketones (excluding diaryl/α,β-unsaturated/α-hetero) is 1. The topological polar surface area (TPSA) is 81.7 Å². The molecule has 0 aliphatic carbocycles. The minimum absolute atomic E-state index is 0.0719. The lowest BCUT2D eigenvalue weighted by atomic mass is 10.1. The number of ketones is 1. The number of ether oxygens (including phenoxy) is 2. The number of carbonyl (C=O) groups excluding carboxylic acids is 3. The quantitative estimate of drug-likeness (QED) is 0.546. The zero-order valence-electron chi connectivity index (χ0n) is 16.6. The molecule has 0 saturated carbocycles. The van der Waals surface area contributed by atoms with E-state index in [-0.39, 0.29) is 11.7 Å². The first-order valence-electron chi connectivity index (χ1n) is 9.15. The number of hydrogen-bond acceptors (Lipinski definition) is 5. The maximum atomic E-state index is 12.5. The zero-order valence-corrected chi connectivity index (χ0v) is 16.6. The van der Waals surface area contributed by atoms with Crippen LogP contribution in [0.2, 0.25) is 0 Å². The minimum atomic E-state index is -0.944. The van der Waals surface area contributed by atoms with Gasteiger partial charge in [0.25, 0.3) is 0 Å². The van der Waals surface area contributed by atoms with E-state index in [2.05, 4.69) is 5.32 Å². The van der Waals surface area contributed by atoms with E-state index >= 15 is 0 Å². The van der Waals surface area contributed by atoms with Crippen molar-refractivity contribution in [2.75, 3.05) is 12.4 Å². The average molecular weight is 383 g/mol. The summed E-state index contributed by atoms with van der Waals surface area (Å²) in [6.45, 7) is 5.33. The van der Waals surface area contributed by atoms with Gasteiger partial charge in [0.05, 0.1) is 12.7 Å². The Balaban J connectivity index is 2.02. The monoisotopic (exact) mass is 383 g/mol. The van der Waals surface area contributed by atoms with Crippen molar-refractivity contribution in [2.24, 2.45) is 0 Å². The van der Waals surface area contributed by atoms with Gasteiger partial charge in [-0.15, -0.1) is 0 Å². The second kappa shape index (κ2) is 9.69. The Morgan fingerprint density at radius 3 is 2.29 bits per heavy atom. The maximum absolute atomic E-state index is 12.5. The number of benzene rings is 2. The Morgan fingerprint density at radius 2 is 1.68 bits per heavy atom. The van der Waals surface area contributed by atoms with Crippen molar-refractivity contribution < 1.29 is 23.9 Å². The van der Waals surface area contributed by atoms with E-state index in [0.717, 1.165) is 12.0 Å². The van der Waals surface area contributed by atoms with Gasteiger partial charge in [0.2, 0.25) is 11.7 Å². The van der Waals surface area contributed by atoms with Crippen LogP contribution in [0.1, 0.15) is 53.0 Å². The van der Waals surface area contributed by atoms with Gasteiger partial charge in [0, 0.05) is 17.7 Å². The molecule has 6 nitrogen and oxygen atoms in total. The van der Waals surface area contributed by atoms with Gasteiger partial charge in [0.1, 0.15) is 5.75 Å². The number of rotatable bonds is 8. The summed E-state index contributed by atoms with van der Waals surface area (Å²) in [5, 5.41) is 2.76. The first kappa shape index (κ1) is 21.2. The molecule has 0 spiro atoms. The smallest absolute Gasteiger partial charge is 0.338 e. The summed E-state index contributed by atoms with van der Waals surface area (Å²) in [4.78, 5) is 36.5. The van der Waals surface area contributed by atoms with Crippen molar-refractivity contribution in [3.05, 3.63) is 59.2 Å². The van der Waals surface area contributed by atoms with Crippen LogP contribution >= 0.6 is 0 Å². The van der Waals surface area contributed by atoms with Gasteiger partial charge in [-0.25, -0.2) is 4.79 Å². The molecule has 1 N–H and O–H groups in total. The number of hydrogen-bond donors (Lipinski definition) is 1. The molecule has 2 aromatic rings. The Labute approximate surface area is 164 Å². The van der Waals surface area contributed by atoms with Gasteiger partial charge in [0.15, 0.2) is 6.10 Å². The third-order valence-corrected chi connectivity index (χ3v) is 4.23. The summed E-state index contributed by atoms with van der Waals surface area (Å²) >= 11 is 0. The molecule has 0 aliphatic rings. The van der Waals surface area contributed by atoms with E-state index < -0.39 is 12.1 Å². The Kier molecular flexibility index (Phi) is 7.32. The lowest BCUT2D eigenvalue weighted by molar-refractivity contribution is -0.116. The van der Waals surface area contributed by atoms with E-state index in [1.165, 1.54) is 14.0 Å². The Hall–Kier alpha value is -3.15. The second-order valence-corrected chi connectivity index (χ2v) is 6.47. The molecule has 0 heterocycles. The number of amides is 1. The fourth-order valence-electron chi connectivity index (χ4n) is 2.63. The molecule has 0 aromatic heterocycles. The van der Waals surface area contributed by atoms with Gasteiger partial charge in [-0.2, -0.15) is 0 Å². The first-order valence-corrected chi connectivity index (χ1v) is 9.15. The Bertz CT molecular complexity index is 858. The lowest BCUT2D eigenvalue weighted by Crippen LogP contribution is -2.24. The van der Waals surface area contributed by atoms with E-state index in [1.54, 1.807) is 42.5 Å². The van der Waals surface area contributed by atoms with Crippen LogP contribution in [0.5, 0.6) is 5.75 Å². The predicted molar refractivity (Wildman–Crippen MR) is 107 cm³/mol. The number of nitrogens with one attached hydrogen (secondary N) is 1. The molecule has 0 aliphatic heterocycles. The molecule has 0 saturated heterocycles. The second-order valence-electron chi connectivity index (χ2n) is 6.47. The molecule has 0 radical (unpaired) electrons. The van der Waals surface area contributed by atoms with E-state index in [4.69, 9.17) is 9.47 Å². The van der Waals surface area contributed by atoms with Crippen LogP contribution in [0.3, 0.4) is 0 Å². The van der Waals surface area contributed by atoms with Crippen molar-refractivity contribution in [1.29, 1.82) is 0 Å². The Morgan fingerprint density at radius 1 is 1.04 bits per heavy atom. The highest BCUT2D eigenvalue weighted by Crippen LogP contribution is 2.20. The fraction of sp³-hybridized carbons (Fsp3) is 0.318. The van der Waals surface area contributed by atoms with Crippen LogP contribution < -0.4 is 10.1 Å². The summed E-state index contributed by atoms with van der Waals surface area (Å²) < 4.78 is 10.5. The third-order valence-electron chi connectivity index (χ3n) is 4.23. The molecule has 1 atom stereocenters. The predicted octanol–water partition coefficient (Wildman–Crippen LogP) is 4.17. The summed E-state index contributed by atoms with van der Waals surface area (Å²) in [7, 11) is 1.53. The first-order chi connectivity index (χ1) is 13.3. The summed E-state index contributed by atoms with van der Waals surface area (Å²) in [5.74, 6) is -0.409. The molecule has 0 fully saturated rings. The fourth-order valence-corrected chi connectivity index (χ4v) is 2.63. The molecule has 0 unspecified atom stereocenters. The molecule has 148 valence electrons. The number of aryl methyl sites for hydroxylation is 1. The van der Waals surface area contributed by atoms with Gasteiger partial charge in [-0.3, -0.25) is 9.59 Å².